The average molecular weight is 460 g/mol. The number of benzene rings is 2. The summed E-state index contributed by atoms with van der Waals surface area (Å²) in [6.45, 7) is 0.961. The van der Waals surface area contributed by atoms with Gasteiger partial charge in [0.25, 0.3) is 0 Å². The van der Waals surface area contributed by atoms with Crippen LogP contribution < -0.4 is 10.1 Å². The minimum atomic E-state index is -0.0920. The van der Waals surface area contributed by atoms with Crippen molar-refractivity contribution >= 4 is 22.9 Å². The zero-order chi connectivity index (χ0) is 22.6. The summed E-state index contributed by atoms with van der Waals surface area (Å²) < 4.78 is 7.42. The average Bonchev–Trinajstić information content (AvgIpc) is 3.40. The summed E-state index contributed by atoms with van der Waals surface area (Å²) in [4.78, 5) is 17.2. The van der Waals surface area contributed by atoms with Crippen LogP contribution in [-0.4, -0.2) is 32.8 Å². The van der Waals surface area contributed by atoms with E-state index >= 15 is 0 Å². The van der Waals surface area contributed by atoms with Crippen molar-refractivity contribution in [3.8, 4) is 27.7 Å². The number of hydrogen-bond donors (Lipinski definition) is 1. The fourth-order valence-corrected chi connectivity index (χ4v) is 4.85. The summed E-state index contributed by atoms with van der Waals surface area (Å²) in [6, 6.07) is 15.6. The Labute approximate surface area is 196 Å². The fourth-order valence-electron chi connectivity index (χ4n) is 4.03. The first-order valence-electron chi connectivity index (χ1n) is 11.1. The van der Waals surface area contributed by atoms with E-state index in [1.165, 1.54) is 24.2 Å². The number of nitrogens with one attached hydrogen (secondary N) is 1. The Hall–Kier alpha value is -3.52. The van der Waals surface area contributed by atoms with Gasteiger partial charge in [0, 0.05) is 35.2 Å². The molecule has 7 nitrogen and oxygen atoms in total. The maximum absolute atomic E-state index is 12.6. The van der Waals surface area contributed by atoms with Crippen LogP contribution in [-0.2, 0) is 24.2 Å². The third-order valence-corrected chi connectivity index (χ3v) is 6.71. The third-order valence-electron chi connectivity index (χ3n) is 5.77. The molecule has 33 heavy (non-hydrogen) atoms. The van der Waals surface area contributed by atoms with Gasteiger partial charge in [0.2, 0.25) is 5.91 Å². The molecular formula is C25H25N5O2S. The molecule has 0 aliphatic carbocycles. The lowest BCUT2D eigenvalue weighted by Gasteiger charge is -2.08. The number of rotatable bonds is 6. The summed E-state index contributed by atoms with van der Waals surface area (Å²) >= 11 is 1.53. The van der Waals surface area contributed by atoms with Gasteiger partial charge in [0.15, 0.2) is 5.82 Å². The van der Waals surface area contributed by atoms with Gasteiger partial charge in [-0.1, -0.05) is 6.42 Å². The van der Waals surface area contributed by atoms with Gasteiger partial charge in [0.1, 0.15) is 16.6 Å². The van der Waals surface area contributed by atoms with Gasteiger partial charge in [-0.25, -0.2) is 4.98 Å². The number of anilines is 1. The van der Waals surface area contributed by atoms with Crippen molar-refractivity contribution in [2.24, 2.45) is 0 Å². The van der Waals surface area contributed by atoms with Crippen molar-refractivity contribution in [3.63, 3.8) is 0 Å². The maximum Gasteiger partial charge on any atom is 0.230 e. The van der Waals surface area contributed by atoms with Gasteiger partial charge in [-0.2, -0.15) is 0 Å². The molecule has 0 bridgehead atoms. The number of ether oxygens (including phenoxy) is 1. The zero-order valence-electron chi connectivity index (χ0n) is 18.5. The summed E-state index contributed by atoms with van der Waals surface area (Å²) in [7, 11) is 1.64. The molecule has 1 amide bonds. The van der Waals surface area contributed by atoms with Crippen molar-refractivity contribution in [1.29, 1.82) is 0 Å². The first-order valence-corrected chi connectivity index (χ1v) is 12.0. The van der Waals surface area contributed by atoms with Crippen molar-refractivity contribution in [3.05, 3.63) is 65.4 Å². The van der Waals surface area contributed by atoms with E-state index in [1.54, 1.807) is 7.11 Å². The molecule has 1 aliphatic rings. The number of carbonyl (C=O) groups excluding carboxylic acids is 1. The molecule has 0 fully saturated rings. The molecule has 0 unspecified atom stereocenters. The second-order valence-corrected chi connectivity index (χ2v) is 8.94. The second-order valence-electron chi connectivity index (χ2n) is 8.08. The first-order chi connectivity index (χ1) is 16.2. The summed E-state index contributed by atoms with van der Waals surface area (Å²) in [5.41, 5.74) is 3.53. The molecule has 0 spiro atoms. The zero-order valence-corrected chi connectivity index (χ0v) is 19.3. The molecule has 2 aromatic heterocycles. The van der Waals surface area contributed by atoms with Crippen LogP contribution in [0.4, 0.5) is 5.69 Å². The Morgan fingerprint density at radius 3 is 2.61 bits per heavy atom. The number of carbonyl (C=O) groups is 1. The van der Waals surface area contributed by atoms with Gasteiger partial charge in [0.05, 0.1) is 19.2 Å². The Morgan fingerprint density at radius 2 is 1.82 bits per heavy atom. The standard InChI is InChI=1S/C25H25N5O2S/c1-32-21-12-8-18(9-13-21)25-27-20(16-33-25)15-23(31)26-19-10-6-17(7-11-19)24-29-28-22-5-3-2-4-14-30(22)24/h6-13,16H,2-5,14-15H2,1H3,(H,26,31). The fraction of sp³-hybridized carbons (Fsp3) is 0.280. The predicted octanol–water partition coefficient (Wildman–Crippen LogP) is 4.98. The molecule has 5 rings (SSSR count). The van der Waals surface area contributed by atoms with E-state index in [1.807, 2.05) is 53.9 Å². The molecule has 168 valence electrons. The Balaban J connectivity index is 1.22. The minimum Gasteiger partial charge on any atom is -0.497 e. The Kier molecular flexibility index (Phi) is 6.17. The number of amides is 1. The first kappa shape index (κ1) is 21.3. The van der Waals surface area contributed by atoms with E-state index in [-0.39, 0.29) is 12.3 Å². The van der Waals surface area contributed by atoms with Crippen molar-refractivity contribution in [2.45, 2.75) is 38.6 Å². The van der Waals surface area contributed by atoms with Gasteiger partial charge >= 0.3 is 0 Å². The Bertz CT molecular complexity index is 1240. The SMILES string of the molecule is COc1ccc(-c2nc(CC(=O)Nc3ccc(-c4nnc5n4CCCCC5)cc3)cs2)cc1. The number of hydrogen-bond acceptors (Lipinski definition) is 6. The summed E-state index contributed by atoms with van der Waals surface area (Å²) in [5, 5.41) is 14.6. The van der Waals surface area contributed by atoms with Gasteiger partial charge < -0.3 is 14.6 Å². The largest absolute Gasteiger partial charge is 0.497 e. The second kappa shape index (κ2) is 9.54. The van der Waals surface area contributed by atoms with E-state index in [9.17, 15) is 4.79 Å². The van der Waals surface area contributed by atoms with Crippen molar-refractivity contribution in [1.82, 2.24) is 19.7 Å². The van der Waals surface area contributed by atoms with Crippen molar-refractivity contribution in [2.75, 3.05) is 12.4 Å². The third kappa shape index (κ3) is 4.80. The van der Waals surface area contributed by atoms with Crippen LogP contribution in [0.25, 0.3) is 22.0 Å². The molecule has 2 aromatic carbocycles. The van der Waals surface area contributed by atoms with Crippen molar-refractivity contribution < 1.29 is 9.53 Å². The smallest absolute Gasteiger partial charge is 0.230 e. The molecule has 3 heterocycles. The number of fused-ring (bicyclic) bond motifs is 1. The number of nitrogens with zero attached hydrogens (tertiary/aromatic N) is 4. The van der Waals surface area contributed by atoms with Crippen LogP contribution in [0.15, 0.2) is 53.9 Å². The Morgan fingerprint density at radius 1 is 1.03 bits per heavy atom. The highest BCUT2D eigenvalue weighted by atomic mass is 32.1. The van der Waals surface area contributed by atoms with E-state index in [4.69, 9.17) is 4.74 Å². The topological polar surface area (TPSA) is 81.9 Å². The minimum absolute atomic E-state index is 0.0920. The molecule has 4 aromatic rings. The van der Waals surface area contributed by atoms with E-state index in [0.717, 1.165) is 64.3 Å². The highest BCUT2D eigenvalue weighted by Gasteiger charge is 2.16. The summed E-state index contributed by atoms with van der Waals surface area (Å²) in [5.74, 6) is 2.68. The van der Waals surface area contributed by atoms with E-state index in [2.05, 4.69) is 25.1 Å². The molecular weight excluding hydrogens is 434 g/mol. The normalized spacial score (nSPS) is 13.2. The van der Waals surface area contributed by atoms with Crippen LogP contribution in [0, 0.1) is 0 Å². The van der Waals surface area contributed by atoms with Crippen LogP contribution in [0.3, 0.4) is 0 Å². The number of methoxy groups -OCH3 is 1. The highest BCUT2D eigenvalue weighted by Crippen LogP contribution is 2.27. The number of thiazole rings is 1. The molecule has 8 heteroatoms. The van der Waals surface area contributed by atoms with Gasteiger partial charge in [-0.15, -0.1) is 21.5 Å². The quantitative estimate of drug-likeness (QED) is 0.440. The van der Waals surface area contributed by atoms with Gasteiger partial charge in [-0.05, 0) is 61.4 Å². The van der Waals surface area contributed by atoms with Crippen LogP contribution in [0.2, 0.25) is 0 Å². The molecule has 0 atom stereocenters. The van der Waals surface area contributed by atoms with Crippen LogP contribution in [0.5, 0.6) is 5.75 Å². The number of aryl methyl sites for hydroxylation is 1. The maximum atomic E-state index is 12.6. The molecule has 0 radical (unpaired) electrons. The van der Waals surface area contributed by atoms with Gasteiger partial charge in [-0.3, -0.25) is 4.79 Å². The molecule has 1 aliphatic heterocycles. The van der Waals surface area contributed by atoms with Crippen LogP contribution in [0.1, 0.15) is 30.8 Å². The molecule has 0 saturated carbocycles. The molecule has 1 N–H and O–H groups in total. The number of aromatic nitrogens is 4. The molecule has 0 saturated heterocycles. The monoisotopic (exact) mass is 459 g/mol. The lowest BCUT2D eigenvalue weighted by atomic mass is 10.2. The summed E-state index contributed by atoms with van der Waals surface area (Å²) in [6.07, 6.45) is 4.77. The van der Waals surface area contributed by atoms with E-state index < -0.39 is 0 Å². The predicted molar refractivity (Wildman–Crippen MR) is 129 cm³/mol. The van der Waals surface area contributed by atoms with Crippen LogP contribution >= 0.6 is 11.3 Å². The van der Waals surface area contributed by atoms with E-state index in [0.29, 0.717) is 0 Å². The lowest BCUT2D eigenvalue weighted by Crippen LogP contribution is -2.14. The highest BCUT2D eigenvalue weighted by molar-refractivity contribution is 7.13. The lowest BCUT2D eigenvalue weighted by molar-refractivity contribution is -0.115.